The SMILES string of the molecule is N#CC1(C(=O)NC2CCSC2)CCCCC1. The molecule has 0 radical (unpaired) electrons. The van der Waals surface area contributed by atoms with Crippen LogP contribution < -0.4 is 5.32 Å². The number of thioether (sulfide) groups is 1. The first-order valence-electron chi connectivity index (χ1n) is 6.07. The van der Waals surface area contributed by atoms with Gasteiger partial charge in [0.05, 0.1) is 6.07 Å². The molecule has 2 aliphatic rings. The highest BCUT2D eigenvalue weighted by atomic mass is 32.2. The van der Waals surface area contributed by atoms with Crippen LogP contribution in [0.15, 0.2) is 0 Å². The molecule has 1 N–H and O–H groups in total. The molecule has 0 bridgehead atoms. The monoisotopic (exact) mass is 238 g/mol. The lowest BCUT2D eigenvalue weighted by Gasteiger charge is -2.30. The summed E-state index contributed by atoms with van der Waals surface area (Å²) in [6.07, 6.45) is 5.74. The minimum atomic E-state index is -0.717. The van der Waals surface area contributed by atoms with Gasteiger partial charge in [0.2, 0.25) is 5.91 Å². The van der Waals surface area contributed by atoms with Crippen molar-refractivity contribution in [3.8, 4) is 6.07 Å². The summed E-state index contributed by atoms with van der Waals surface area (Å²) in [7, 11) is 0. The van der Waals surface area contributed by atoms with E-state index >= 15 is 0 Å². The summed E-state index contributed by atoms with van der Waals surface area (Å²) < 4.78 is 0. The third kappa shape index (κ3) is 2.35. The Hall–Kier alpha value is -0.690. The molecule has 1 saturated heterocycles. The van der Waals surface area contributed by atoms with Gasteiger partial charge in [-0.2, -0.15) is 17.0 Å². The van der Waals surface area contributed by atoms with Gasteiger partial charge in [0, 0.05) is 11.8 Å². The van der Waals surface area contributed by atoms with Crippen molar-refractivity contribution < 1.29 is 4.79 Å². The van der Waals surface area contributed by atoms with Gasteiger partial charge in [-0.3, -0.25) is 4.79 Å². The molecule has 0 aromatic heterocycles. The molecular formula is C12H18N2OS. The Morgan fingerprint density at radius 3 is 2.69 bits per heavy atom. The average molecular weight is 238 g/mol. The van der Waals surface area contributed by atoms with Gasteiger partial charge >= 0.3 is 0 Å². The molecule has 0 aromatic rings. The molecule has 1 unspecified atom stereocenters. The topological polar surface area (TPSA) is 52.9 Å². The van der Waals surface area contributed by atoms with Crippen molar-refractivity contribution >= 4 is 17.7 Å². The molecule has 88 valence electrons. The Balaban J connectivity index is 1.97. The summed E-state index contributed by atoms with van der Waals surface area (Å²) >= 11 is 1.88. The zero-order valence-electron chi connectivity index (χ0n) is 9.50. The maximum atomic E-state index is 12.2. The number of nitrogens with one attached hydrogen (secondary N) is 1. The Labute approximate surface area is 101 Å². The van der Waals surface area contributed by atoms with Crippen molar-refractivity contribution in [2.75, 3.05) is 11.5 Å². The summed E-state index contributed by atoms with van der Waals surface area (Å²) in [5, 5.41) is 12.3. The number of nitrogens with zero attached hydrogens (tertiary/aromatic N) is 1. The molecule has 1 saturated carbocycles. The van der Waals surface area contributed by atoms with Crippen LogP contribution in [0.1, 0.15) is 38.5 Å². The number of amides is 1. The minimum Gasteiger partial charge on any atom is -0.351 e. The predicted octanol–water partition coefficient (Wildman–Crippen LogP) is 2.08. The van der Waals surface area contributed by atoms with Crippen LogP contribution in [0, 0.1) is 16.7 Å². The summed E-state index contributed by atoms with van der Waals surface area (Å²) in [6, 6.07) is 2.57. The molecular weight excluding hydrogens is 220 g/mol. The van der Waals surface area contributed by atoms with Crippen LogP contribution >= 0.6 is 11.8 Å². The molecule has 4 heteroatoms. The third-order valence-corrected chi connectivity index (χ3v) is 4.78. The standard InChI is InChI=1S/C12H18N2OS/c13-9-12(5-2-1-3-6-12)11(15)14-10-4-7-16-8-10/h10H,1-8H2,(H,14,15). The first-order valence-corrected chi connectivity index (χ1v) is 7.22. The number of nitriles is 1. The molecule has 1 heterocycles. The summed E-state index contributed by atoms with van der Waals surface area (Å²) in [5.41, 5.74) is -0.717. The van der Waals surface area contributed by atoms with Gasteiger partial charge in [-0.15, -0.1) is 0 Å². The Bertz CT molecular complexity index is 299. The zero-order chi connectivity index (χ0) is 11.4. The second kappa shape index (κ2) is 5.09. The van der Waals surface area contributed by atoms with E-state index < -0.39 is 5.41 Å². The van der Waals surface area contributed by atoms with Gasteiger partial charge in [0.15, 0.2) is 0 Å². The van der Waals surface area contributed by atoms with Crippen LogP contribution in [-0.2, 0) is 4.79 Å². The predicted molar refractivity (Wildman–Crippen MR) is 65.0 cm³/mol. The van der Waals surface area contributed by atoms with Gasteiger partial charge in [-0.05, 0) is 25.0 Å². The minimum absolute atomic E-state index is 0.0119. The number of carbonyl (C=O) groups is 1. The molecule has 2 fully saturated rings. The fourth-order valence-electron chi connectivity index (χ4n) is 2.52. The van der Waals surface area contributed by atoms with Gasteiger partial charge in [0.25, 0.3) is 0 Å². The fourth-order valence-corrected chi connectivity index (χ4v) is 3.67. The fraction of sp³-hybridized carbons (Fsp3) is 0.833. The van der Waals surface area contributed by atoms with Crippen molar-refractivity contribution in [3.63, 3.8) is 0 Å². The lowest BCUT2D eigenvalue weighted by molar-refractivity contribution is -0.130. The summed E-state index contributed by atoms with van der Waals surface area (Å²) in [5.74, 6) is 2.12. The highest BCUT2D eigenvalue weighted by Gasteiger charge is 2.40. The molecule has 0 spiro atoms. The van der Waals surface area contributed by atoms with Gasteiger partial charge in [-0.1, -0.05) is 19.3 Å². The third-order valence-electron chi connectivity index (χ3n) is 3.62. The molecule has 2 rings (SSSR count). The maximum Gasteiger partial charge on any atom is 0.240 e. The number of carbonyl (C=O) groups excluding carboxylic acids is 1. The molecule has 1 atom stereocenters. The number of hydrogen-bond acceptors (Lipinski definition) is 3. The van der Waals surface area contributed by atoms with Crippen LogP contribution in [0.3, 0.4) is 0 Å². The quantitative estimate of drug-likeness (QED) is 0.801. The first kappa shape index (κ1) is 11.8. The zero-order valence-corrected chi connectivity index (χ0v) is 10.3. The van der Waals surface area contributed by atoms with Crippen LogP contribution in [0.5, 0.6) is 0 Å². The van der Waals surface area contributed by atoms with Crippen molar-refractivity contribution in [2.45, 2.75) is 44.6 Å². The Kier molecular flexibility index (Phi) is 3.75. The second-order valence-electron chi connectivity index (χ2n) is 4.79. The molecule has 1 amide bonds. The smallest absolute Gasteiger partial charge is 0.240 e. The van der Waals surface area contributed by atoms with E-state index in [1.807, 2.05) is 11.8 Å². The normalized spacial score (nSPS) is 28.3. The molecule has 1 aliphatic heterocycles. The van der Waals surface area contributed by atoms with E-state index in [9.17, 15) is 10.1 Å². The summed E-state index contributed by atoms with van der Waals surface area (Å²) in [6.45, 7) is 0. The van der Waals surface area contributed by atoms with E-state index in [1.54, 1.807) is 0 Å². The van der Waals surface area contributed by atoms with Crippen molar-refractivity contribution in [2.24, 2.45) is 5.41 Å². The van der Waals surface area contributed by atoms with E-state index in [4.69, 9.17) is 0 Å². The van der Waals surface area contributed by atoms with Gasteiger partial charge in [0.1, 0.15) is 5.41 Å². The van der Waals surface area contributed by atoms with E-state index in [0.717, 1.165) is 50.0 Å². The Morgan fingerprint density at radius 1 is 1.38 bits per heavy atom. The molecule has 1 aliphatic carbocycles. The highest BCUT2D eigenvalue weighted by molar-refractivity contribution is 7.99. The average Bonchev–Trinajstić information content (AvgIpc) is 2.82. The van der Waals surface area contributed by atoms with E-state index in [0.29, 0.717) is 6.04 Å². The first-order chi connectivity index (χ1) is 7.77. The van der Waals surface area contributed by atoms with E-state index in [-0.39, 0.29) is 5.91 Å². The van der Waals surface area contributed by atoms with Crippen LogP contribution in [0.2, 0.25) is 0 Å². The Morgan fingerprint density at radius 2 is 2.12 bits per heavy atom. The number of rotatable bonds is 2. The molecule has 16 heavy (non-hydrogen) atoms. The van der Waals surface area contributed by atoms with Crippen LogP contribution in [-0.4, -0.2) is 23.5 Å². The molecule has 0 aromatic carbocycles. The van der Waals surface area contributed by atoms with Gasteiger partial charge < -0.3 is 5.32 Å². The highest BCUT2D eigenvalue weighted by Crippen LogP contribution is 2.36. The van der Waals surface area contributed by atoms with Crippen LogP contribution in [0.25, 0.3) is 0 Å². The van der Waals surface area contributed by atoms with E-state index in [1.165, 1.54) is 0 Å². The molecule has 3 nitrogen and oxygen atoms in total. The van der Waals surface area contributed by atoms with E-state index in [2.05, 4.69) is 11.4 Å². The second-order valence-corrected chi connectivity index (χ2v) is 5.94. The van der Waals surface area contributed by atoms with Crippen molar-refractivity contribution in [1.29, 1.82) is 5.26 Å². The summed E-state index contributed by atoms with van der Waals surface area (Å²) in [4.78, 5) is 12.2. The van der Waals surface area contributed by atoms with Crippen molar-refractivity contribution in [3.05, 3.63) is 0 Å². The van der Waals surface area contributed by atoms with Crippen molar-refractivity contribution in [1.82, 2.24) is 5.32 Å². The maximum absolute atomic E-state index is 12.2. The van der Waals surface area contributed by atoms with Gasteiger partial charge in [-0.25, -0.2) is 0 Å². The largest absolute Gasteiger partial charge is 0.351 e. The lowest BCUT2D eigenvalue weighted by Crippen LogP contribution is -2.46. The number of hydrogen-bond donors (Lipinski definition) is 1. The van der Waals surface area contributed by atoms with Crippen LogP contribution in [0.4, 0.5) is 0 Å². The lowest BCUT2D eigenvalue weighted by atomic mass is 9.74.